The van der Waals surface area contributed by atoms with Crippen molar-refractivity contribution in [3.8, 4) is 17.0 Å². The average molecular weight is 481 g/mol. The summed E-state index contributed by atoms with van der Waals surface area (Å²) in [5.41, 5.74) is 2.53. The highest BCUT2D eigenvalue weighted by Gasteiger charge is 2.38. The number of thiazole rings is 1. The summed E-state index contributed by atoms with van der Waals surface area (Å²) >= 11 is 2.74. The summed E-state index contributed by atoms with van der Waals surface area (Å²) < 4.78 is 5.42. The first-order valence-corrected chi connectivity index (χ1v) is 12.4. The van der Waals surface area contributed by atoms with Crippen LogP contribution in [-0.4, -0.2) is 45.3 Å². The molecule has 1 unspecified atom stereocenters. The van der Waals surface area contributed by atoms with Crippen molar-refractivity contribution in [2.75, 3.05) is 18.5 Å². The van der Waals surface area contributed by atoms with E-state index in [4.69, 9.17) is 4.74 Å². The Morgan fingerprint density at radius 2 is 1.91 bits per heavy atom. The number of benzene rings is 2. The average Bonchev–Trinajstić information content (AvgIpc) is 3.40. The van der Waals surface area contributed by atoms with E-state index in [1.165, 1.54) is 23.1 Å². The Hall–Kier alpha value is -3.17. The Morgan fingerprint density at radius 1 is 1.15 bits per heavy atom. The third-order valence-corrected chi connectivity index (χ3v) is 6.82. The molecule has 1 fully saturated rings. The van der Waals surface area contributed by atoms with E-state index in [0.29, 0.717) is 29.1 Å². The molecule has 0 bridgehead atoms. The van der Waals surface area contributed by atoms with Crippen molar-refractivity contribution < 1.29 is 14.3 Å². The minimum atomic E-state index is -0.514. The maximum absolute atomic E-state index is 12.9. The summed E-state index contributed by atoms with van der Waals surface area (Å²) in [5.74, 6) is 0.417. The summed E-state index contributed by atoms with van der Waals surface area (Å²) in [7, 11) is 0. The van der Waals surface area contributed by atoms with Gasteiger partial charge in [-0.1, -0.05) is 42.1 Å². The molecule has 2 heterocycles. The molecule has 1 N–H and O–H groups in total. The van der Waals surface area contributed by atoms with Gasteiger partial charge in [-0.2, -0.15) is 4.99 Å². The van der Waals surface area contributed by atoms with Crippen LogP contribution in [0.3, 0.4) is 0 Å². The first-order valence-electron chi connectivity index (χ1n) is 10.7. The highest BCUT2D eigenvalue weighted by atomic mass is 32.2. The second-order valence-electron chi connectivity index (χ2n) is 7.17. The van der Waals surface area contributed by atoms with Crippen LogP contribution in [0.2, 0.25) is 0 Å². The lowest BCUT2D eigenvalue weighted by molar-refractivity contribution is -0.128. The van der Waals surface area contributed by atoms with Gasteiger partial charge in [0.2, 0.25) is 16.9 Å². The van der Waals surface area contributed by atoms with E-state index >= 15 is 0 Å². The van der Waals surface area contributed by atoms with Crippen LogP contribution >= 0.6 is 23.1 Å². The first kappa shape index (κ1) is 23.0. The lowest BCUT2D eigenvalue weighted by Gasteiger charge is -2.13. The second kappa shape index (κ2) is 10.6. The molecule has 33 heavy (non-hydrogen) atoms. The molecular formula is C24H24N4O3S2. The Labute approximate surface area is 200 Å². The zero-order valence-electron chi connectivity index (χ0n) is 18.4. The summed E-state index contributed by atoms with van der Waals surface area (Å²) in [6.45, 7) is 4.88. The van der Waals surface area contributed by atoms with Crippen LogP contribution in [0.1, 0.15) is 20.3 Å². The number of carbonyl (C=O) groups is 2. The van der Waals surface area contributed by atoms with Crippen LogP contribution < -0.4 is 10.1 Å². The molecule has 9 heteroatoms. The molecule has 2 aromatic carbocycles. The molecule has 2 amide bonds. The molecule has 0 saturated carbocycles. The standard InChI is InChI=1S/C24H24N4O3S2/c1-3-28-22(30)20(14-21(29)25-17-10-12-18(13-11-17)31-4-2)33-24(28)27-23-26-19(15-32-23)16-8-6-5-7-9-16/h5-13,15,20H,3-4,14H2,1-2H3,(H,25,29)/b27-24+. The molecule has 0 aliphatic carbocycles. The molecular weight excluding hydrogens is 456 g/mol. The minimum Gasteiger partial charge on any atom is -0.494 e. The van der Waals surface area contributed by atoms with Crippen molar-refractivity contribution in [3.63, 3.8) is 0 Å². The third kappa shape index (κ3) is 5.61. The molecule has 1 aromatic heterocycles. The van der Waals surface area contributed by atoms with Gasteiger partial charge >= 0.3 is 0 Å². The van der Waals surface area contributed by atoms with Gasteiger partial charge in [0.25, 0.3) is 0 Å². The Balaban J connectivity index is 1.42. The fraction of sp³-hybridized carbons (Fsp3) is 0.250. The quantitative estimate of drug-likeness (QED) is 0.480. The fourth-order valence-electron chi connectivity index (χ4n) is 3.34. The molecule has 1 aliphatic heterocycles. The second-order valence-corrected chi connectivity index (χ2v) is 9.18. The number of nitrogens with one attached hydrogen (secondary N) is 1. The van der Waals surface area contributed by atoms with Gasteiger partial charge in [0, 0.05) is 29.6 Å². The SMILES string of the molecule is CCOc1ccc(NC(=O)CC2S/C(=N/c3nc(-c4ccccc4)cs3)N(CC)C2=O)cc1. The monoisotopic (exact) mass is 480 g/mol. The summed E-state index contributed by atoms with van der Waals surface area (Å²) in [4.78, 5) is 36.3. The third-order valence-electron chi connectivity index (χ3n) is 4.91. The summed E-state index contributed by atoms with van der Waals surface area (Å²) in [6, 6.07) is 17.1. The van der Waals surface area contributed by atoms with Crippen molar-refractivity contribution in [1.29, 1.82) is 0 Å². The Kier molecular flexibility index (Phi) is 7.41. The topological polar surface area (TPSA) is 83.9 Å². The Morgan fingerprint density at radius 3 is 2.61 bits per heavy atom. The van der Waals surface area contributed by atoms with Gasteiger partial charge in [-0.25, -0.2) is 4.98 Å². The number of amidine groups is 1. The number of nitrogens with zero attached hydrogens (tertiary/aromatic N) is 3. The number of rotatable bonds is 8. The van der Waals surface area contributed by atoms with Crippen LogP contribution in [0.5, 0.6) is 5.75 Å². The predicted molar refractivity (Wildman–Crippen MR) is 134 cm³/mol. The molecule has 170 valence electrons. The molecule has 1 atom stereocenters. The molecule has 0 spiro atoms. The van der Waals surface area contributed by atoms with E-state index in [2.05, 4.69) is 15.3 Å². The number of carbonyl (C=O) groups excluding carboxylic acids is 2. The number of aliphatic imine (C=N–C) groups is 1. The number of hydrogen-bond acceptors (Lipinski definition) is 7. The van der Waals surface area contributed by atoms with Gasteiger partial charge in [-0.05, 0) is 38.1 Å². The van der Waals surface area contributed by atoms with E-state index < -0.39 is 5.25 Å². The van der Waals surface area contributed by atoms with E-state index in [9.17, 15) is 9.59 Å². The van der Waals surface area contributed by atoms with Crippen molar-refractivity contribution >= 4 is 50.9 Å². The van der Waals surface area contributed by atoms with Crippen LogP contribution in [0.15, 0.2) is 65.0 Å². The molecule has 4 rings (SSSR count). The van der Waals surface area contributed by atoms with Gasteiger partial charge in [0.15, 0.2) is 5.17 Å². The van der Waals surface area contributed by atoms with Gasteiger partial charge < -0.3 is 10.1 Å². The van der Waals surface area contributed by atoms with E-state index in [0.717, 1.165) is 17.0 Å². The van der Waals surface area contributed by atoms with Crippen LogP contribution in [0.4, 0.5) is 10.8 Å². The van der Waals surface area contributed by atoms with Gasteiger partial charge in [-0.15, -0.1) is 11.3 Å². The number of thioether (sulfide) groups is 1. The van der Waals surface area contributed by atoms with Crippen molar-refractivity contribution in [1.82, 2.24) is 9.88 Å². The summed E-state index contributed by atoms with van der Waals surface area (Å²) in [5, 5.41) is 5.45. The van der Waals surface area contributed by atoms with Crippen molar-refractivity contribution in [3.05, 3.63) is 60.0 Å². The maximum atomic E-state index is 12.9. The number of ether oxygens (including phenoxy) is 1. The molecule has 3 aromatic rings. The van der Waals surface area contributed by atoms with Gasteiger partial charge in [0.1, 0.15) is 11.0 Å². The van der Waals surface area contributed by atoms with E-state index in [1.54, 1.807) is 29.2 Å². The molecule has 7 nitrogen and oxygen atoms in total. The smallest absolute Gasteiger partial charge is 0.242 e. The van der Waals surface area contributed by atoms with Crippen molar-refractivity contribution in [2.45, 2.75) is 25.5 Å². The van der Waals surface area contributed by atoms with E-state index in [-0.39, 0.29) is 18.2 Å². The van der Waals surface area contributed by atoms with Gasteiger partial charge in [0.05, 0.1) is 12.3 Å². The van der Waals surface area contributed by atoms with Gasteiger partial charge in [-0.3, -0.25) is 14.5 Å². The summed E-state index contributed by atoms with van der Waals surface area (Å²) in [6.07, 6.45) is 0.0688. The van der Waals surface area contributed by atoms with Crippen LogP contribution in [0, 0.1) is 0 Å². The Bertz CT molecular complexity index is 1150. The number of hydrogen-bond donors (Lipinski definition) is 1. The van der Waals surface area contributed by atoms with Crippen LogP contribution in [-0.2, 0) is 9.59 Å². The van der Waals surface area contributed by atoms with E-state index in [1.807, 2.05) is 49.6 Å². The maximum Gasteiger partial charge on any atom is 0.242 e. The largest absolute Gasteiger partial charge is 0.494 e. The predicted octanol–water partition coefficient (Wildman–Crippen LogP) is 5.19. The highest BCUT2D eigenvalue weighted by Crippen LogP contribution is 2.34. The lowest BCUT2D eigenvalue weighted by Crippen LogP contribution is -2.33. The first-order chi connectivity index (χ1) is 16.1. The minimum absolute atomic E-state index is 0.0688. The number of amides is 2. The molecule has 1 saturated heterocycles. The highest BCUT2D eigenvalue weighted by molar-refractivity contribution is 8.15. The number of anilines is 1. The molecule has 0 radical (unpaired) electrons. The van der Waals surface area contributed by atoms with Crippen molar-refractivity contribution in [2.24, 2.45) is 4.99 Å². The zero-order chi connectivity index (χ0) is 23.2. The zero-order valence-corrected chi connectivity index (χ0v) is 20.0. The van der Waals surface area contributed by atoms with Crippen LogP contribution in [0.25, 0.3) is 11.3 Å². The molecule has 1 aliphatic rings. The lowest BCUT2D eigenvalue weighted by atomic mass is 10.2. The number of aromatic nitrogens is 1. The fourth-order valence-corrected chi connectivity index (χ4v) is 5.29. The normalized spacial score (nSPS) is 16.9.